The first-order valence-electron chi connectivity index (χ1n) is 8.05. The van der Waals surface area contributed by atoms with Crippen LogP contribution < -0.4 is 9.47 Å². The van der Waals surface area contributed by atoms with Crippen molar-refractivity contribution >= 4 is 0 Å². The van der Waals surface area contributed by atoms with Gasteiger partial charge in [0, 0.05) is 13.1 Å². The lowest BCUT2D eigenvalue weighted by Gasteiger charge is -2.26. The highest BCUT2D eigenvalue weighted by molar-refractivity contribution is 5.71. The van der Waals surface area contributed by atoms with Crippen molar-refractivity contribution in [3.05, 3.63) is 48.0 Å². The van der Waals surface area contributed by atoms with Crippen LogP contribution in [0.15, 0.2) is 42.5 Å². The maximum absolute atomic E-state index is 10.0. The molecule has 2 rings (SSSR count). The van der Waals surface area contributed by atoms with Gasteiger partial charge in [0.15, 0.2) is 11.5 Å². The van der Waals surface area contributed by atoms with Gasteiger partial charge < -0.3 is 14.6 Å². The van der Waals surface area contributed by atoms with E-state index in [1.807, 2.05) is 51.2 Å². The lowest BCUT2D eigenvalue weighted by molar-refractivity contribution is 0.0425. The number of hydrogen-bond donors (Lipinski definition) is 1. The Morgan fingerprint density at radius 2 is 1.58 bits per heavy atom. The van der Waals surface area contributed by atoms with Crippen LogP contribution in [0.4, 0.5) is 0 Å². The van der Waals surface area contributed by atoms with Gasteiger partial charge in [-0.3, -0.25) is 4.90 Å². The average Bonchev–Trinajstić information content (AvgIpc) is 2.53. The summed E-state index contributed by atoms with van der Waals surface area (Å²) in [6.07, 6.45) is 0. The molecule has 0 heterocycles. The lowest BCUT2D eigenvalue weighted by Crippen LogP contribution is -2.35. The monoisotopic (exact) mass is 329 g/mol. The molecule has 130 valence electrons. The maximum Gasteiger partial charge on any atom is 0.161 e. The summed E-state index contributed by atoms with van der Waals surface area (Å²) < 4.78 is 10.9. The molecule has 0 atom stereocenters. The fraction of sp³-hybridized carbons (Fsp3) is 0.400. The Hall–Kier alpha value is -2.04. The minimum Gasteiger partial charge on any atom is -0.493 e. The van der Waals surface area contributed by atoms with Crippen LogP contribution in [-0.2, 0) is 6.54 Å². The molecule has 0 spiro atoms. The van der Waals surface area contributed by atoms with E-state index in [0.717, 1.165) is 16.7 Å². The van der Waals surface area contributed by atoms with Crippen molar-refractivity contribution in [1.82, 2.24) is 4.90 Å². The molecule has 0 aliphatic carbocycles. The number of benzene rings is 2. The van der Waals surface area contributed by atoms with Gasteiger partial charge in [0.05, 0.1) is 19.8 Å². The predicted molar refractivity (Wildman–Crippen MR) is 97.6 cm³/mol. The van der Waals surface area contributed by atoms with Gasteiger partial charge in [0.25, 0.3) is 0 Å². The maximum atomic E-state index is 10.0. The second kappa shape index (κ2) is 7.69. The number of ether oxygens (including phenoxy) is 2. The Labute approximate surface area is 144 Å². The predicted octanol–water partition coefficient (Wildman–Crippen LogP) is 3.57. The molecule has 2 aromatic carbocycles. The van der Waals surface area contributed by atoms with E-state index < -0.39 is 5.60 Å². The molecule has 0 fully saturated rings. The molecule has 0 aromatic heterocycles. The summed E-state index contributed by atoms with van der Waals surface area (Å²) in [6.45, 7) is 4.91. The molecule has 0 amide bonds. The fourth-order valence-corrected chi connectivity index (χ4v) is 2.95. The fourth-order valence-electron chi connectivity index (χ4n) is 2.95. The van der Waals surface area contributed by atoms with E-state index in [0.29, 0.717) is 24.6 Å². The third-order valence-corrected chi connectivity index (χ3v) is 3.79. The van der Waals surface area contributed by atoms with Crippen LogP contribution in [-0.4, -0.2) is 43.4 Å². The molecule has 0 unspecified atom stereocenters. The Bertz CT molecular complexity index is 663. The summed E-state index contributed by atoms with van der Waals surface area (Å²) in [5.74, 6) is 1.43. The highest BCUT2D eigenvalue weighted by atomic mass is 16.5. The van der Waals surface area contributed by atoms with Crippen LogP contribution in [0.5, 0.6) is 11.5 Å². The van der Waals surface area contributed by atoms with Crippen molar-refractivity contribution < 1.29 is 14.6 Å². The van der Waals surface area contributed by atoms with E-state index in [1.165, 1.54) is 0 Å². The molecule has 0 saturated heterocycles. The molecule has 0 radical (unpaired) electrons. The molecule has 4 heteroatoms. The van der Waals surface area contributed by atoms with Gasteiger partial charge in [-0.2, -0.15) is 0 Å². The molecule has 4 nitrogen and oxygen atoms in total. The van der Waals surface area contributed by atoms with Gasteiger partial charge in [0.2, 0.25) is 0 Å². The van der Waals surface area contributed by atoms with Crippen molar-refractivity contribution in [3.63, 3.8) is 0 Å². The van der Waals surface area contributed by atoms with Crippen molar-refractivity contribution in [2.75, 3.05) is 27.8 Å². The molecular weight excluding hydrogens is 302 g/mol. The van der Waals surface area contributed by atoms with Crippen LogP contribution in [0.1, 0.15) is 19.4 Å². The standard InChI is InChI=1S/C20H27NO3/c1-20(2,22)14-21(3)13-16-11-18(23-4)19(24-5)12-17(16)15-9-7-6-8-10-15/h6-12,22H,13-14H2,1-5H3. The van der Waals surface area contributed by atoms with E-state index in [9.17, 15) is 5.11 Å². The summed E-state index contributed by atoms with van der Waals surface area (Å²) in [7, 11) is 5.29. The molecule has 24 heavy (non-hydrogen) atoms. The number of rotatable bonds is 7. The van der Waals surface area contributed by atoms with Crippen LogP contribution >= 0.6 is 0 Å². The lowest BCUT2D eigenvalue weighted by atomic mass is 9.98. The first-order chi connectivity index (χ1) is 11.3. The highest BCUT2D eigenvalue weighted by Gasteiger charge is 2.18. The van der Waals surface area contributed by atoms with E-state index in [4.69, 9.17) is 9.47 Å². The average molecular weight is 329 g/mol. The van der Waals surface area contributed by atoms with Crippen LogP contribution in [0.2, 0.25) is 0 Å². The van der Waals surface area contributed by atoms with Gasteiger partial charge in [-0.15, -0.1) is 0 Å². The zero-order valence-corrected chi connectivity index (χ0v) is 15.2. The molecule has 0 bridgehead atoms. The van der Waals surface area contributed by atoms with Gasteiger partial charge in [-0.25, -0.2) is 0 Å². The largest absolute Gasteiger partial charge is 0.493 e. The van der Waals surface area contributed by atoms with Crippen LogP contribution in [0, 0.1) is 0 Å². The van der Waals surface area contributed by atoms with E-state index in [-0.39, 0.29) is 0 Å². The molecule has 0 saturated carbocycles. The summed E-state index contributed by atoms with van der Waals surface area (Å²) >= 11 is 0. The third-order valence-electron chi connectivity index (χ3n) is 3.79. The van der Waals surface area contributed by atoms with Crippen molar-refractivity contribution in [2.24, 2.45) is 0 Å². The number of likely N-dealkylation sites (N-methyl/N-ethyl adjacent to an activating group) is 1. The van der Waals surface area contributed by atoms with Gasteiger partial charge in [-0.1, -0.05) is 30.3 Å². The Morgan fingerprint density at radius 3 is 2.12 bits per heavy atom. The van der Waals surface area contributed by atoms with Crippen LogP contribution in [0.25, 0.3) is 11.1 Å². The Morgan fingerprint density at radius 1 is 1.00 bits per heavy atom. The van der Waals surface area contributed by atoms with Gasteiger partial charge >= 0.3 is 0 Å². The molecule has 0 aliphatic heterocycles. The van der Waals surface area contributed by atoms with Crippen molar-refractivity contribution in [1.29, 1.82) is 0 Å². The smallest absolute Gasteiger partial charge is 0.161 e. The SMILES string of the molecule is COc1cc(CN(C)CC(C)(C)O)c(-c2ccccc2)cc1OC. The zero-order chi connectivity index (χ0) is 17.7. The quantitative estimate of drug-likeness (QED) is 0.843. The number of hydrogen-bond acceptors (Lipinski definition) is 4. The van der Waals surface area contributed by atoms with E-state index >= 15 is 0 Å². The van der Waals surface area contributed by atoms with Crippen molar-refractivity contribution in [3.8, 4) is 22.6 Å². The minimum atomic E-state index is -0.738. The number of nitrogens with zero attached hydrogens (tertiary/aromatic N) is 1. The number of aliphatic hydroxyl groups is 1. The summed E-state index contributed by atoms with van der Waals surface area (Å²) in [5.41, 5.74) is 2.63. The highest BCUT2D eigenvalue weighted by Crippen LogP contribution is 2.36. The van der Waals surface area contributed by atoms with Crippen molar-refractivity contribution in [2.45, 2.75) is 26.0 Å². The second-order valence-corrected chi connectivity index (χ2v) is 6.72. The Balaban J connectivity index is 2.44. The molecule has 1 N–H and O–H groups in total. The molecular formula is C20H27NO3. The molecule has 0 aliphatic rings. The first-order valence-corrected chi connectivity index (χ1v) is 8.05. The summed E-state index contributed by atoms with van der Waals surface area (Å²) in [5, 5.41) is 10.0. The minimum absolute atomic E-state index is 0.579. The number of methoxy groups -OCH3 is 2. The van der Waals surface area contributed by atoms with E-state index in [1.54, 1.807) is 14.2 Å². The molecule has 2 aromatic rings. The summed E-state index contributed by atoms with van der Waals surface area (Å²) in [4.78, 5) is 2.10. The van der Waals surface area contributed by atoms with E-state index in [2.05, 4.69) is 17.0 Å². The zero-order valence-electron chi connectivity index (χ0n) is 15.2. The topological polar surface area (TPSA) is 41.9 Å². The first kappa shape index (κ1) is 18.3. The third kappa shape index (κ3) is 4.73. The van der Waals surface area contributed by atoms with Gasteiger partial charge in [0.1, 0.15) is 0 Å². The normalized spacial score (nSPS) is 11.6. The van der Waals surface area contributed by atoms with Gasteiger partial charge in [-0.05, 0) is 49.7 Å². The summed E-state index contributed by atoms with van der Waals surface area (Å²) in [6, 6.07) is 14.3. The second-order valence-electron chi connectivity index (χ2n) is 6.72. The Kier molecular flexibility index (Phi) is 5.86. The van der Waals surface area contributed by atoms with Crippen LogP contribution in [0.3, 0.4) is 0 Å².